The van der Waals surface area contributed by atoms with E-state index in [0.29, 0.717) is 0 Å². The second-order valence-electron chi connectivity index (χ2n) is 2.62. The number of carbonyl (C=O) groups excluding carboxylic acids is 2. The van der Waals surface area contributed by atoms with E-state index in [4.69, 9.17) is 11.2 Å². The molecule has 0 saturated carbocycles. The van der Waals surface area contributed by atoms with Crippen LogP contribution >= 0.6 is 9.52 Å². The van der Waals surface area contributed by atoms with Gasteiger partial charge in [-0.25, -0.2) is 0 Å². The molecule has 0 aliphatic rings. The average molecular weight is 270 g/mol. The maximum atomic E-state index is 11.0. The van der Waals surface area contributed by atoms with Crippen molar-refractivity contribution < 1.29 is 19.1 Å². The van der Waals surface area contributed by atoms with Crippen LogP contribution in [0.5, 0.6) is 0 Å². The number of esters is 2. The van der Waals surface area contributed by atoms with Gasteiger partial charge in [-0.3, -0.25) is 9.59 Å². The van der Waals surface area contributed by atoms with Gasteiger partial charge in [-0.15, -0.1) is 9.52 Å². The summed E-state index contributed by atoms with van der Waals surface area (Å²) in [6.07, 6.45) is 0. The molecule has 0 bridgehead atoms. The lowest BCUT2D eigenvalue weighted by atomic mass is 10.8. The quantitative estimate of drug-likeness (QED) is 0.400. The van der Waals surface area contributed by atoms with E-state index in [2.05, 4.69) is 21.2 Å². The molecule has 2 atom stereocenters. The minimum absolute atomic E-state index is 0.0441. The molecule has 2 unspecified atom stereocenters. The van der Waals surface area contributed by atoms with E-state index in [9.17, 15) is 9.59 Å². The highest BCUT2D eigenvalue weighted by Crippen LogP contribution is 2.21. The molecule has 7 heteroatoms. The van der Waals surface area contributed by atoms with E-state index in [1.807, 2.05) is 0 Å². The molecule has 0 heterocycles. The monoisotopic (exact) mass is 270 g/mol. The van der Waals surface area contributed by atoms with E-state index in [1.165, 1.54) is 14.2 Å². The number of carbonyl (C=O) groups is 2. The van der Waals surface area contributed by atoms with E-state index in [0.717, 1.165) is 0 Å². The Hall–Kier alpha value is -0.400. The van der Waals surface area contributed by atoms with Crippen LogP contribution in [0.4, 0.5) is 0 Å². The van der Waals surface area contributed by atoms with Crippen molar-refractivity contribution in [2.45, 2.75) is 0 Å². The van der Waals surface area contributed by atoms with E-state index in [-0.39, 0.29) is 17.5 Å². The molecule has 0 radical (unpaired) electrons. The first-order valence-electron chi connectivity index (χ1n) is 3.83. The molecule has 0 aliphatic heterocycles. The Morgan fingerprint density at radius 3 is 2.20 bits per heavy atom. The van der Waals surface area contributed by atoms with Gasteiger partial charge in [-0.2, -0.15) is 0 Å². The van der Waals surface area contributed by atoms with Gasteiger partial charge >= 0.3 is 11.9 Å². The predicted octanol–water partition coefficient (Wildman–Crippen LogP) is -0.00380. The smallest absolute Gasteiger partial charge is 0.316 e. The minimum Gasteiger partial charge on any atom is -0.468 e. The predicted molar refractivity (Wildman–Crippen MR) is 70.3 cm³/mol. The number of hydrogen-bond acceptors (Lipinski definition) is 5. The third-order valence-corrected chi connectivity index (χ3v) is 8.96. The van der Waals surface area contributed by atoms with Crippen LogP contribution in [0.25, 0.3) is 0 Å². The molecule has 0 aliphatic carbocycles. The maximum absolute atomic E-state index is 11.0. The lowest BCUT2D eigenvalue weighted by Gasteiger charge is -2.14. The average Bonchev–Trinajstić information content (AvgIpc) is 2.16. The number of ether oxygens (including phenoxy) is 2. The minimum atomic E-state index is -1.90. The van der Waals surface area contributed by atoms with Crippen molar-refractivity contribution in [1.29, 1.82) is 0 Å². The summed E-state index contributed by atoms with van der Waals surface area (Å²) < 4.78 is 9.00. The van der Waals surface area contributed by atoms with E-state index in [1.54, 1.807) is 0 Å². The third-order valence-electron chi connectivity index (χ3n) is 1.50. The van der Waals surface area contributed by atoms with E-state index >= 15 is 0 Å². The van der Waals surface area contributed by atoms with Crippen molar-refractivity contribution in [3.8, 4) is 0 Å². The first-order valence-corrected chi connectivity index (χ1v) is 8.80. The van der Waals surface area contributed by atoms with Crippen LogP contribution in [-0.4, -0.2) is 49.4 Å². The van der Waals surface area contributed by atoms with Crippen molar-refractivity contribution in [3.63, 3.8) is 0 Å². The van der Waals surface area contributed by atoms with Gasteiger partial charge in [0, 0.05) is 0 Å². The summed E-state index contributed by atoms with van der Waals surface area (Å²) in [6.45, 7) is 0. The molecule has 0 amide bonds. The topological polar surface area (TPSA) is 52.6 Å². The van der Waals surface area contributed by atoms with Gasteiger partial charge in [-0.1, -0.05) is 18.9 Å². The van der Waals surface area contributed by atoms with Crippen LogP contribution in [-0.2, 0) is 37.5 Å². The fourth-order valence-electron chi connectivity index (χ4n) is 0.620. The fourth-order valence-corrected chi connectivity index (χ4v) is 4.30. The number of methoxy groups -OCH3 is 2. The lowest BCUT2D eigenvalue weighted by molar-refractivity contribution is -0.138. The Bertz CT molecular complexity index is 369. The van der Waals surface area contributed by atoms with Gasteiger partial charge in [0.2, 0.25) is 0 Å². The summed E-state index contributed by atoms with van der Waals surface area (Å²) >= 11 is 5.19. The zero-order valence-corrected chi connectivity index (χ0v) is 11.1. The highest BCUT2D eigenvalue weighted by Gasteiger charge is 2.13. The van der Waals surface area contributed by atoms with Crippen LogP contribution < -0.4 is 0 Å². The summed E-state index contributed by atoms with van der Waals surface area (Å²) in [5.41, 5.74) is 0. The molecule has 0 spiro atoms. The molecule has 15 heavy (non-hydrogen) atoms. The molecule has 0 N–H and O–H groups in total. The SMILES string of the molecule is C=S(CC(=O)OC)S(=C)(=S)CC(=O)OC. The van der Waals surface area contributed by atoms with Crippen molar-refractivity contribution >= 4 is 51.6 Å². The summed E-state index contributed by atoms with van der Waals surface area (Å²) in [7, 11) is 0.00836. The summed E-state index contributed by atoms with van der Waals surface area (Å²) in [5.74, 6) is 6.91. The van der Waals surface area contributed by atoms with Crippen molar-refractivity contribution in [2.24, 2.45) is 0 Å². The Balaban J connectivity index is 4.54. The normalized spacial score (nSPS) is 16.1. The number of rotatable bonds is 5. The molecule has 0 fully saturated rings. The van der Waals surface area contributed by atoms with Gasteiger partial charge in [0.15, 0.2) is 0 Å². The fraction of sp³-hybridized carbons (Fsp3) is 0.500. The molecule has 0 aromatic heterocycles. The van der Waals surface area contributed by atoms with Crippen LogP contribution in [0.15, 0.2) is 0 Å². The van der Waals surface area contributed by atoms with Crippen molar-refractivity contribution in [1.82, 2.24) is 0 Å². The Morgan fingerprint density at radius 2 is 1.80 bits per heavy atom. The number of hydrogen-bond donors (Lipinski definition) is 0. The molecule has 0 aromatic rings. The molecule has 0 saturated heterocycles. The lowest BCUT2D eigenvalue weighted by Crippen LogP contribution is -2.17. The zero-order valence-electron chi connectivity index (χ0n) is 8.69. The third kappa shape index (κ3) is 5.29. The van der Waals surface area contributed by atoms with Crippen LogP contribution in [0.3, 0.4) is 0 Å². The van der Waals surface area contributed by atoms with Crippen LogP contribution in [0.1, 0.15) is 0 Å². The van der Waals surface area contributed by atoms with Gasteiger partial charge < -0.3 is 9.47 Å². The molecular weight excluding hydrogens is 256 g/mol. The highest BCUT2D eigenvalue weighted by atomic mass is 33.4. The van der Waals surface area contributed by atoms with E-state index < -0.39 is 22.7 Å². The van der Waals surface area contributed by atoms with Crippen LogP contribution in [0.2, 0.25) is 0 Å². The van der Waals surface area contributed by atoms with Crippen molar-refractivity contribution in [3.05, 3.63) is 0 Å². The standard InChI is InChI=1S/C8H14O4S3/c1-11-7(9)5-14(3)15(4,13)6-8(10)12-2/h3-6H2,1-2H3. The maximum Gasteiger partial charge on any atom is 0.316 e. The Kier molecular flexibility index (Phi) is 6.07. The molecular formula is C8H14O4S3. The highest BCUT2D eigenvalue weighted by molar-refractivity contribution is 8.94. The van der Waals surface area contributed by atoms with Gasteiger partial charge in [-0.05, 0) is 11.2 Å². The largest absolute Gasteiger partial charge is 0.468 e. The molecule has 0 rings (SSSR count). The molecule has 88 valence electrons. The van der Waals surface area contributed by atoms with Gasteiger partial charge in [0.1, 0.15) is 0 Å². The first-order chi connectivity index (χ1) is 6.83. The Morgan fingerprint density at radius 1 is 1.33 bits per heavy atom. The molecule has 4 nitrogen and oxygen atoms in total. The first kappa shape index (κ1) is 14.6. The second kappa shape index (κ2) is 6.24. The summed E-state index contributed by atoms with van der Waals surface area (Å²) in [4.78, 5) is 22.0. The molecule has 0 aromatic carbocycles. The van der Waals surface area contributed by atoms with Crippen LogP contribution in [0, 0.1) is 0 Å². The van der Waals surface area contributed by atoms with Gasteiger partial charge in [0.05, 0.1) is 25.7 Å². The Labute approximate surface area is 96.4 Å². The van der Waals surface area contributed by atoms with Gasteiger partial charge in [0.25, 0.3) is 0 Å². The second-order valence-corrected chi connectivity index (χ2v) is 11.4. The zero-order chi connectivity index (χ0) is 12.1. The summed E-state index contributed by atoms with van der Waals surface area (Å²) in [5, 5.41) is 0. The summed E-state index contributed by atoms with van der Waals surface area (Å²) in [6, 6.07) is 0. The van der Waals surface area contributed by atoms with Crippen molar-refractivity contribution in [2.75, 3.05) is 25.7 Å².